The Morgan fingerprint density at radius 3 is 2.48 bits per heavy atom. The molecule has 5 heteroatoms. The minimum atomic E-state index is -0.151. The zero-order valence-corrected chi connectivity index (χ0v) is 14.3. The smallest absolute Gasteiger partial charge is 0.223 e. The highest BCUT2D eigenvalue weighted by molar-refractivity contribution is 5.78. The number of nitrogens with zero attached hydrogens (tertiary/aromatic N) is 1. The number of likely N-dealkylation sites (tertiary alicyclic amines) is 1. The second-order valence-corrected chi connectivity index (χ2v) is 5.89. The first-order valence-corrected chi connectivity index (χ1v) is 8.16. The number of hydrogen-bond acceptors (Lipinski definition) is 4. The van der Waals surface area contributed by atoms with Crippen molar-refractivity contribution in [1.82, 2.24) is 4.90 Å². The SMILES string of the molecule is COc1ccc(CN2C(=O)CC[C@H]2CCCC(OC)OC)cc1. The minimum absolute atomic E-state index is 0.151. The molecule has 1 heterocycles. The predicted molar refractivity (Wildman–Crippen MR) is 88.2 cm³/mol. The van der Waals surface area contributed by atoms with Gasteiger partial charge in [-0.3, -0.25) is 4.79 Å². The third-order valence-corrected chi connectivity index (χ3v) is 4.47. The highest BCUT2D eigenvalue weighted by atomic mass is 16.7. The van der Waals surface area contributed by atoms with Gasteiger partial charge in [0.25, 0.3) is 0 Å². The average molecular weight is 321 g/mol. The number of benzene rings is 1. The quantitative estimate of drug-likeness (QED) is 0.656. The fourth-order valence-corrected chi connectivity index (χ4v) is 3.09. The fraction of sp³-hybridized carbons (Fsp3) is 0.611. The average Bonchev–Trinajstić information content (AvgIpc) is 2.93. The van der Waals surface area contributed by atoms with Crippen LogP contribution < -0.4 is 4.74 Å². The van der Waals surface area contributed by atoms with E-state index in [0.29, 0.717) is 19.0 Å². The first-order valence-electron chi connectivity index (χ1n) is 8.16. The Kier molecular flexibility index (Phi) is 6.86. The molecule has 0 N–H and O–H groups in total. The van der Waals surface area contributed by atoms with Crippen LogP contribution in [0.25, 0.3) is 0 Å². The van der Waals surface area contributed by atoms with Gasteiger partial charge < -0.3 is 19.1 Å². The van der Waals surface area contributed by atoms with E-state index in [1.165, 1.54) is 0 Å². The number of methoxy groups -OCH3 is 3. The molecule has 0 spiro atoms. The molecule has 128 valence electrons. The van der Waals surface area contributed by atoms with Gasteiger partial charge in [0.2, 0.25) is 5.91 Å². The molecule has 2 rings (SSSR count). The Balaban J connectivity index is 1.88. The summed E-state index contributed by atoms with van der Waals surface area (Å²) in [6.07, 6.45) is 4.28. The second kappa shape index (κ2) is 8.89. The maximum absolute atomic E-state index is 12.2. The third-order valence-electron chi connectivity index (χ3n) is 4.47. The molecule has 23 heavy (non-hydrogen) atoms. The molecule has 0 bridgehead atoms. The first-order chi connectivity index (χ1) is 11.2. The number of amides is 1. The molecule has 0 aliphatic carbocycles. The van der Waals surface area contributed by atoms with Gasteiger partial charge in [-0.05, 0) is 43.4 Å². The summed E-state index contributed by atoms with van der Waals surface area (Å²) < 4.78 is 15.6. The monoisotopic (exact) mass is 321 g/mol. The maximum atomic E-state index is 12.2. The minimum Gasteiger partial charge on any atom is -0.497 e. The Hall–Kier alpha value is -1.59. The van der Waals surface area contributed by atoms with Crippen molar-refractivity contribution in [3.05, 3.63) is 29.8 Å². The molecular formula is C18H27NO4. The van der Waals surface area contributed by atoms with Crippen molar-refractivity contribution < 1.29 is 19.0 Å². The summed E-state index contributed by atoms with van der Waals surface area (Å²) in [7, 11) is 4.97. The fourth-order valence-electron chi connectivity index (χ4n) is 3.09. The van der Waals surface area contributed by atoms with E-state index in [-0.39, 0.29) is 12.2 Å². The maximum Gasteiger partial charge on any atom is 0.223 e. The van der Waals surface area contributed by atoms with Crippen LogP contribution in [0.15, 0.2) is 24.3 Å². The molecule has 0 unspecified atom stereocenters. The Morgan fingerprint density at radius 1 is 1.17 bits per heavy atom. The topological polar surface area (TPSA) is 48.0 Å². The van der Waals surface area contributed by atoms with Gasteiger partial charge in [0, 0.05) is 33.2 Å². The van der Waals surface area contributed by atoms with E-state index in [1.807, 2.05) is 29.2 Å². The third kappa shape index (κ3) is 4.94. The van der Waals surface area contributed by atoms with Crippen LogP contribution in [0.2, 0.25) is 0 Å². The lowest BCUT2D eigenvalue weighted by Crippen LogP contribution is -2.32. The molecule has 1 amide bonds. The highest BCUT2D eigenvalue weighted by Gasteiger charge is 2.30. The molecule has 1 atom stereocenters. The van der Waals surface area contributed by atoms with Crippen molar-refractivity contribution in [2.45, 2.75) is 51.0 Å². The van der Waals surface area contributed by atoms with E-state index in [4.69, 9.17) is 14.2 Å². The van der Waals surface area contributed by atoms with Crippen molar-refractivity contribution in [3.8, 4) is 5.75 Å². The molecular weight excluding hydrogens is 294 g/mol. The molecule has 0 radical (unpaired) electrons. The lowest BCUT2D eigenvalue weighted by Gasteiger charge is -2.25. The van der Waals surface area contributed by atoms with Crippen LogP contribution in [0.4, 0.5) is 0 Å². The molecule has 0 saturated carbocycles. The molecule has 1 saturated heterocycles. The van der Waals surface area contributed by atoms with Gasteiger partial charge in [0.1, 0.15) is 5.75 Å². The van der Waals surface area contributed by atoms with Gasteiger partial charge in [0.05, 0.1) is 7.11 Å². The second-order valence-electron chi connectivity index (χ2n) is 5.89. The van der Waals surface area contributed by atoms with Crippen LogP contribution in [-0.2, 0) is 20.8 Å². The summed E-state index contributed by atoms with van der Waals surface area (Å²) in [6.45, 7) is 0.672. The highest BCUT2D eigenvalue weighted by Crippen LogP contribution is 2.26. The van der Waals surface area contributed by atoms with Gasteiger partial charge in [-0.25, -0.2) is 0 Å². The van der Waals surface area contributed by atoms with Crippen LogP contribution in [0, 0.1) is 0 Å². The van der Waals surface area contributed by atoms with Crippen molar-refractivity contribution in [2.24, 2.45) is 0 Å². The van der Waals surface area contributed by atoms with Gasteiger partial charge >= 0.3 is 0 Å². The molecule has 5 nitrogen and oxygen atoms in total. The van der Waals surface area contributed by atoms with Crippen LogP contribution in [-0.4, -0.2) is 44.5 Å². The van der Waals surface area contributed by atoms with Crippen molar-refractivity contribution in [1.29, 1.82) is 0 Å². The molecule has 1 fully saturated rings. The van der Waals surface area contributed by atoms with Crippen molar-refractivity contribution >= 4 is 5.91 Å². The molecule has 1 aromatic carbocycles. The normalized spacial score (nSPS) is 18.0. The van der Waals surface area contributed by atoms with Gasteiger partial charge in [0.15, 0.2) is 6.29 Å². The lowest BCUT2D eigenvalue weighted by atomic mass is 10.1. The molecule has 0 aromatic heterocycles. The van der Waals surface area contributed by atoms with E-state index in [9.17, 15) is 4.79 Å². The van der Waals surface area contributed by atoms with Crippen LogP contribution in [0.1, 0.15) is 37.7 Å². The van der Waals surface area contributed by atoms with E-state index in [2.05, 4.69) is 0 Å². The van der Waals surface area contributed by atoms with Crippen molar-refractivity contribution in [3.63, 3.8) is 0 Å². The Bertz CT molecular complexity index is 484. The number of carbonyl (C=O) groups excluding carboxylic acids is 1. The van der Waals surface area contributed by atoms with Crippen LogP contribution in [0.3, 0.4) is 0 Å². The molecule has 1 aromatic rings. The number of hydrogen-bond donors (Lipinski definition) is 0. The van der Waals surface area contributed by atoms with Crippen LogP contribution >= 0.6 is 0 Å². The largest absolute Gasteiger partial charge is 0.497 e. The summed E-state index contributed by atoms with van der Waals surface area (Å²) >= 11 is 0. The van der Waals surface area contributed by atoms with E-state index < -0.39 is 0 Å². The number of rotatable bonds is 9. The standard InChI is InChI=1S/C18H27NO4/c1-21-16-10-7-14(8-11-16)13-19-15(9-12-17(19)20)5-4-6-18(22-2)23-3/h7-8,10-11,15,18H,4-6,9,12-13H2,1-3H3/t15-/m1/s1. The Morgan fingerprint density at radius 2 is 1.87 bits per heavy atom. The van der Waals surface area contributed by atoms with Gasteiger partial charge in [-0.2, -0.15) is 0 Å². The lowest BCUT2D eigenvalue weighted by molar-refractivity contribution is -0.129. The van der Waals surface area contributed by atoms with E-state index in [1.54, 1.807) is 21.3 Å². The summed E-state index contributed by atoms with van der Waals surface area (Å²) in [5, 5.41) is 0. The zero-order chi connectivity index (χ0) is 16.7. The van der Waals surface area contributed by atoms with E-state index in [0.717, 1.165) is 37.0 Å². The molecule has 1 aliphatic rings. The molecule has 1 aliphatic heterocycles. The summed E-state index contributed by atoms with van der Waals surface area (Å²) in [5.74, 6) is 1.09. The Labute approximate surface area is 138 Å². The predicted octanol–water partition coefficient (Wildman–Crippen LogP) is 2.98. The first kappa shape index (κ1) is 17.8. The summed E-state index contributed by atoms with van der Waals surface area (Å²) in [5.41, 5.74) is 1.14. The summed E-state index contributed by atoms with van der Waals surface area (Å²) in [6, 6.07) is 8.24. The summed E-state index contributed by atoms with van der Waals surface area (Å²) in [4.78, 5) is 14.2. The number of carbonyl (C=O) groups is 1. The zero-order valence-electron chi connectivity index (χ0n) is 14.3. The van der Waals surface area contributed by atoms with Gasteiger partial charge in [-0.15, -0.1) is 0 Å². The van der Waals surface area contributed by atoms with Crippen molar-refractivity contribution in [2.75, 3.05) is 21.3 Å². The van der Waals surface area contributed by atoms with Gasteiger partial charge in [-0.1, -0.05) is 12.1 Å². The number of ether oxygens (including phenoxy) is 3. The van der Waals surface area contributed by atoms with Crippen LogP contribution in [0.5, 0.6) is 5.75 Å². The van der Waals surface area contributed by atoms with E-state index >= 15 is 0 Å².